The Labute approximate surface area is 261 Å². The Kier molecular flexibility index (Phi) is 8.96. The third-order valence-corrected chi connectivity index (χ3v) is 8.49. The number of primary amides is 1. The maximum Gasteiger partial charge on any atom is 0.410 e. The number of fused-ring (bicyclic) bond motifs is 3. The van der Waals surface area contributed by atoms with Crippen LogP contribution in [0.4, 0.5) is 16.2 Å². The second-order valence-electron chi connectivity index (χ2n) is 13.6. The lowest BCUT2D eigenvalue weighted by Gasteiger charge is -2.41. The summed E-state index contributed by atoms with van der Waals surface area (Å²) in [5, 5.41) is 36.4. The van der Waals surface area contributed by atoms with Crippen LogP contribution in [-0.4, -0.2) is 82.5 Å². The summed E-state index contributed by atoms with van der Waals surface area (Å²) in [5.41, 5.74) is 4.86. The molecular formula is C32H42N4O9. The molecule has 1 aromatic rings. The number of aliphatic hydroxyl groups excluding tert-OH is 2. The van der Waals surface area contributed by atoms with E-state index < -0.39 is 82.2 Å². The van der Waals surface area contributed by atoms with Crippen LogP contribution >= 0.6 is 0 Å². The highest BCUT2D eigenvalue weighted by molar-refractivity contribution is 6.21. The van der Waals surface area contributed by atoms with E-state index in [1.165, 1.54) is 4.90 Å². The van der Waals surface area contributed by atoms with Gasteiger partial charge in [-0.2, -0.15) is 0 Å². The van der Waals surface area contributed by atoms with E-state index in [0.717, 1.165) is 0 Å². The van der Waals surface area contributed by atoms with Crippen molar-refractivity contribution in [2.45, 2.75) is 59.4 Å². The molecule has 1 saturated carbocycles. The Bertz CT molecular complexity index is 1530. The number of nitrogens with zero attached hydrogens (tertiary/aromatic N) is 2. The minimum absolute atomic E-state index is 0.0382. The molecule has 45 heavy (non-hydrogen) atoms. The van der Waals surface area contributed by atoms with Gasteiger partial charge in [0.15, 0.2) is 11.6 Å². The first-order valence-electron chi connectivity index (χ1n) is 14.9. The summed E-state index contributed by atoms with van der Waals surface area (Å²) in [6.45, 7) is 8.83. The Morgan fingerprint density at radius 3 is 2.31 bits per heavy atom. The zero-order valence-electron chi connectivity index (χ0n) is 26.7. The standard InChI is InChI=1S/C32H42N4O9/c1-14(2)13-45-31(44)36(32(3,4)5)12-21(38)34-18-11-19(35(6)7)17-9-15-8-16-10-20(37)25(30(33)43)29(42)23(16)27(40)22(15)28(41)24(17)26(18)39/h11,14-16,23,39,41-42H,8-10,12-13H2,1-7H3,(H2,33,43)(H,34,38). The smallest absolute Gasteiger partial charge is 0.410 e. The number of Topliss-reactive ketones (excluding diaryl/α,β-unsaturated/α-hetero) is 2. The minimum Gasteiger partial charge on any atom is -0.511 e. The van der Waals surface area contributed by atoms with Crippen molar-refractivity contribution < 1.29 is 44.0 Å². The highest BCUT2D eigenvalue weighted by Gasteiger charge is 2.51. The SMILES string of the molecule is CC(C)COC(=O)N(CC(=O)Nc1cc(N(C)C)c2c(c1O)C(O)=C1C(=O)C3C(O)=C(C(N)=O)C(=O)CC3CC1C2)C(C)(C)C. The van der Waals surface area contributed by atoms with E-state index in [-0.39, 0.29) is 48.6 Å². The number of allylic oxidation sites excluding steroid dienone is 2. The molecule has 0 saturated heterocycles. The van der Waals surface area contributed by atoms with Crippen molar-refractivity contribution in [2.75, 3.05) is 37.5 Å². The lowest BCUT2D eigenvalue weighted by Crippen LogP contribution is -2.49. The summed E-state index contributed by atoms with van der Waals surface area (Å²) in [4.78, 5) is 67.3. The van der Waals surface area contributed by atoms with Crippen molar-refractivity contribution >= 4 is 46.6 Å². The van der Waals surface area contributed by atoms with E-state index in [1.54, 1.807) is 45.8 Å². The molecule has 13 heteroatoms. The summed E-state index contributed by atoms with van der Waals surface area (Å²) in [5.74, 6) is -7.03. The van der Waals surface area contributed by atoms with Crippen molar-refractivity contribution in [2.24, 2.45) is 29.4 Å². The molecule has 3 atom stereocenters. The van der Waals surface area contributed by atoms with Gasteiger partial charge in [-0.05, 0) is 63.0 Å². The van der Waals surface area contributed by atoms with Crippen LogP contribution in [0.1, 0.15) is 58.6 Å². The number of carbonyl (C=O) groups excluding carboxylic acids is 5. The van der Waals surface area contributed by atoms with Gasteiger partial charge in [0.25, 0.3) is 5.91 Å². The predicted octanol–water partition coefficient (Wildman–Crippen LogP) is 3.21. The van der Waals surface area contributed by atoms with Crippen LogP contribution in [0.25, 0.3) is 5.76 Å². The number of benzene rings is 1. The highest BCUT2D eigenvalue weighted by Crippen LogP contribution is 2.52. The van der Waals surface area contributed by atoms with Crippen molar-refractivity contribution in [3.8, 4) is 5.75 Å². The molecule has 3 amide bonds. The molecule has 0 spiro atoms. The molecule has 3 aliphatic rings. The van der Waals surface area contributed by atoms with E-state index in [2.05, 4.69) is 5.32 Å². The van der Waals surface area contributed by atoms with Crippen LogP contribution in [0, 0.1) is 23.7 Å². The first kappa shape index (κ1) is 33.3. The van der Waals surface area contributed by atoms with E-state index in [9.17, 15) is 39.3 Å². The topological polar surface area (TPSA) is 200 Å². The Morgan fingerprint density at radius 1 is 1.11 bits per heavy atom. The number of rotatable bonds is 7. The number of nitrogens with one attached hydrogen (secondary N) is 1. The van der Waals surface area contributed by atoms with Gasteiger partial charge in [0.05, 0.1) is 23.8 Å². The number of phenols is 1. The van der Waals surface area contributed by atoms with Gasteiger partial charge in [0.2, 0.25) is 5.91 Å². The third-order valence-electron chi connectivity index (χ3n) is 8.49. The van der Waals surface area contributed by atoms with Crippen LogP contribution in [0.15, 0.2) is 23.0 Å². The van der Waals surface area contributed by atoms with E-state index in [4.69, 9.17) is 10.5 Å². The number of carbonyl (C=O) groups is 5. The second kappa shape index (κ2) is 12.1. The van der Waals surface area contributed by atoms with Crippen molar-refractivity contribution in [3.63, 3.8) is 0 Å². The molecule has 6 N–H and O–H groups in total. The number of amides is 3. The van der Waals surface area contributed by atoms with Crippen LogP contribution in [0.3, 0.4) is 0 Å². The lowest BCUT2D eigenvalue weighted by molar-refractivity contribution is -0.127. The van der Waals surface area contributed by atoms with Crippen molar-refractivity contribution in [1.29, 1.82) is 0 Å². The van der Waals surface area contributed by atoms with Gasteiger partial charge in [0.1, 0.15) is 29.4 Å². The predicted molar refractivity (Wildman–Crippen MR) is 166 cm³/mol. The summed E-state index contributed by atoms with van der Waals surface area (Å²) in [7, 11) is 3.49. The maximum absolute atomic E-state index is 13.8. The molecule has 244 valence electrons. The fraction of sp³-hybridized carbons (Fsp3) is 0.531. The number of ether oxygens (including phenoxy) is 1. The molecular weight excluding hydrogens is 584 g/mol. The number of hydrogen-bond acceptors (Lipinski definition) is 10. The molecule has 0 aliphatic heterocycles. The van der Waals surface area contributed by atoms with Gasteiger partial charge in [-0.25, -0.2) is 4.79 Å². The zero-order chi connectivity index (χ0) is 33.7. The van der Waals surface area contributed by atoms with Gasteiger partial charge < -0.3 is 36.0 Å². The van der Waals surface area contributed by atoms with Crippen molar-refractivity contribution in [3.05, 3.63) is 34.1 Å². The van der Waals surface area contributed by atoms with Crippen LogP contribution in [-0.2, 0) is 30.3 Å². The fourth-order valence-corrected chi connectivity index (χ4v) is 6.41. The average Bonchev–Trinajstić information content (AvgIpc) is 2.90. The van der Waals surface area contributed by atoms with Crippen molar-refractivity contribution in [1.82, 2.24) is 4.90 Å². The molecule has 1 fully saturated rings. The van der Waals surface area contributed by atoms with Gasteiger partial charge in [-0.15, -0.1) is 0 Å². The van der Waals surface area contributed by atoms with Crippen LogP contribution in [0.5, 0.6) is 5.75 Å². The number of aromatic hydroxyl groups is 1. The first-order valence-corrected chi connectivity index (χ1v) is 14.9. The minimum atomic E-state index is -1.24. The Hall–Kier alpha value is -4.55. The summed E-state index contributed by atoms with van der Waals surface area (Å²) in [6, 6.07) is 1.55. The monoisotopic (exact) mass is 626 g/mol. The highest BCUT2D eigenvalue weighted by atomic mass is 16.6. The first-order chi connectivity index (χ1) is 20.8. The summed E-state index contributed by atoms with van der Waals surface area (Å²) in [6.07, 6.45) is -0.332. The second-order valence-corrected chi connectivity index (χ2v) is 13.6. The quantitative estimate of drug-likeness (QED) is 0.221. The molecule has 4 rings (SSSR count). The molecule has 3 unspecified atom stereocenters. The average molecular weight is 627 g/mol. The summed E-state index contributed by atoms with van der Waals surface area (Å²) >= 11 is 0. The maximum atomic E-state index is 13.8. The number of hydrogen-bond donors (Lipinski definition) is 5. The van der Waals surface area contributed by atoms with Gasteiger partial charge in [-0.3, -0.25) is 24.1 Å². The number of nitrogens with two attached hydrogens (primary N) is 1. The van der Waals surface area contributed by atoms with Gasteiger partial charge in [-0.1, -0.05) is 13.8 Å². The molecule has 0 aromatic heterocycles. The zero-order valence-corrected chi connectivity index (χ0v) is 26.7. The lowest BCUT2D eigenvalue weighted by atomic mass is 9.61. The van der Waals surface area contributed by atoms with E-state index in [0.29, 0.717) is 11.3 Å². The molecule has 13 nitrogen and oxygen atoms in total. The molecule has 0 bridgehead atoms. The van der Waals surface area contributed by atoms with E-state index in [1.807, 2.05) is 13.8 Å². The molecule has 0 heterocycles. The normalized spacial score (nSPS) is 21.2. The number of phenolic OH excluding ortho intramolecular Hbond substituents is 1. The largest absolute Gasteiger partial charge is 0.511 e. The molecule has 3 aliphatic carbocycles. The summed E-state index contributed by atoms with van der Waals surface area (Å²) < 4.78 is 5.35. The van der Waals surface area contributed by atoms with Crippen LogP contribution < -0.4 is 16.0 Å². The van der Waals surface area contributed by atoms with Crippen LogP contribution in [0.2, 0.25) is 0 Å². The molecule has 0 radical (unpaired) electrons. The number of anilines is 2. The fourth-order valence-electron chi connectivity index (χ4n) is 6.41. The van der Waals surface area contributed by atoms with E-state index >= 15 is 0 Å². The van der Waals surface area contributed by atoms with Gasteiger partial charge in [0, 0.05) is 37.3 Å². The van der Waals surface area contributed by atoms with Gasteiger partial charge >= 0.3 is 6.09 Å². The number of aliphatic hydroxyl groups is 2. The Balaban J connectivity index is 1.73. The third kappa shape index (κ3) is 6.20. The molecule has 1 aromatic carbocycles. The number of ketones is 2. The Morgan fingerprint density at radius 2 is 1.76 bits per heavy atom.